The smallest absolute Gasteiger partial charge is 0.341 e. The van der Waals surface area contributed by atoms with Gasteiger partial charge in [0.05, 0.1) is 19.7 Å². The quantitative estimate of drug-likeness (QED) is 0.740. The van der Waals surface area contributed by atoms with E-state index in [0.717, 1.165) is 0 Å². The van der Waals surface area contributed by atoms with Crippen LogP contribution >= 0.6 is 0 Å². The molecular weight excluding hydrogens is 224 g/mol. The van der Waals surface area contributed by atoms with E-state index in [2.05, 4.69) is 10.1 Å². The van der Waals surface area contributed by atoms with Gasteiger partial charge in [0.1, 0.15) is 17.1 Å². The molecule has 0 radical (unpaired) electrons. The molecule has 1 rings (SSSR count). The van der Waals surface area contributed by atoms with E-state index in [9.17, 15) is 9.59 Å². The van der Waals surface area contributed by atoms with Crippen molar-refractivity contribution in [1.29, 1.82) is 0 Å². The largest absolute Gasteiger partial charge is 0.465 e. The zero-order valence-electron chi connectivity index (χ0n) is 10.1. The van der Waals surface area contributed by atoms with E-state index >= 15 is 0 Å². The fourth-order valence-corrected chi connectivity index (χ4v) is 1.28. The number of rotatable bonds is 4. The van der Waals surface area contributed by atoms with Crippen LogP contribution in [0.15, 0.2) is 10.5 Å². The highest BCUT2D eigenvalue weighted by Crippen LogP contribution is 2.15. The number of amides is 1. The Bertz CT molecular complexity index is 423. The van der Waals surface area contributed by atoms with Crippen LogP contribution in [0.5, 0.6) is 0 Å². The zero-order chi connectivity index (χ0) is 13.0. The first-order valence-electron chi connectivity index (χ1n) is 5.16. The summed E-state index contributed by atoms with van der Waals surface area (Å²) >= 11 is 0. The van der Waals surface area contributed by atoms with Gasteiger partial charge in [-0.15, -0.1) is 0 Å². The third-order valence-electron chi connectivity index (χ3n) is 2.22. The number of nitrogens with two attached hydrogens (primary N) is 1. The van der Waals surface area contributed by atoms with Gasteiger partial charge in [-0.3, -0.25) is 4.79 Å². The Hall–Kier alpha value is -1.82. The topological polar surface area (TPSA) is 94.6 Å². The molecule has 0 unspecified atom stereocenters. The van der Waals surface area contributed by atoms with Crippen molar-refractivity contribution in [3.05, 3.63) is 23.2 Å². The first-order valence-corrected chi connectivity index (χ1v) is 5.16. The van der Waals surface area contributed by atoms with E-state index in [4.69, 9.17) is 10.2 Å². The number of hydrogen-bond acceptors (Lipinski definition) is 5. The van der Waals surface area contributed by atoms with E-state index in [1.807, 2.05) is 0 Å². The second-order valence-electron chi connectivity index (χ2n) is 3.68. The van der Waals surface area contributed by atoms with Gasteiger partial charge in [-0.05, 0) is 19.9 Å². The van der Waals surface area contributed by atoms with Crippen LogP contribution in [0.2, 0.25) is 0 Å². The number of hydrogen-bond donors (Lipinski definition) is 2. The molecule has 6 heteroatoms. The lowest BCUT2D eigenvalue weighted by Crippen LogP contribution is -2.37. The van der Waals surface area contributed by atoms with E-state index in [-0.39, 0.29) is 12.5 Å². The molecule has 0 aliphatic rings. The summed E-state index contributed by atoms with van der Waals surface area (Å²) in [5, 5.41) is 2.59. The Balaban J connectivity index is 2.68. The summed E-state index contributed by atoms with van der Waals surface area (Å²) in [6.45, 7) is 3.43. The predicted octanol–water partition coefficient (Wildman–Crippen LogP) is 0.338. The molecule has 0 aliphatic carbocycles. The standard InChI is InChI=1S/C11H16N2O4/c1-6(12)10(14)13-5-8-4-9(7(2)17-8)11(15)16-3/h4,6H,5,12H2,1-3H3,(H,13,14)/t6-/m1/s1. The van der Waals surface area contributed by atoms with E-state index in [1.54, 1.807) is 19.9 Å². The molecule has 0 aliphatic heterocycles. The van der Waals surface area contributed by atoms with Crippen molar-refractivity contribution in [1.82, 2.24) is 5.32 Å². The third-order valence-corrected chi connectivity index (χ3v) is 2.22. The van der Waals surface area contributed by atoms with Crippen molar-refractivity contribution < 1.29 is 18.7 Å². The van der Waals surface area contributed by atoms with Gasteiger partial charge in [0.2, 0.25) is 5.91 Å². The highest BCUT2D eigenvalue weighted by atomic mass is 16.5. The average molecular weight is 240 g/mol. The summed E-state index contributed by atoms with van der Waals surface area (Å²) in [4.78, 5) is 22.5. The van der Waals surface area contributed by atoms with Crippen LogP contribution in [-0.4, -0.2) is 25.0 Å². The molecular formula is C11H16N2O4. The van der Waals surface area contributed by atoms with Crippen molar-refractivity contribution in [2.75, 3.05) is 7.11 Å². The lowest BCUT2D eigenvalue weighted by atomic mass is 10.2. The second-order valence-corrected chi connectivity index (χ2v) is 3.68. The van der Waals surface area contributed by atoms with Crippen LogP contribution in [0.4, 0.5) is 0 Å². The fraction of sp³-hybridized carbons (Fsp3) is 0.455. The van der Waals surface area contributed by atoms with Crippen LogP contribution in [0.1, 0.15) is 28.8 Å². The molecule has 0 fully saturated rings. The summed E-state index contributed by atoms with van der Waals surface area (Å²) in [6.07, 6.45) is 0. The molecule has 0 spiro atoms. The van der Waals surface area contributed by atoms with Crippen LogP contribution in [-0.2, 0) is 16.1 Å². The molecule has 0 saturated carbocycles. The number of carbonyl (C=O) groups excluding carboxylic acids is 2. The molecule has 94 valence electrons. The minimum Gasteiger partial charge on any atom is -0.465 e. The Morgan fingerprint density at radius 2 is 2.24 bits per heavy atom. The minimum absolute atomic E-state index is 0.193. The van der Waals surface area contributed by atoms with Gasteiger partial charge in [-0.25, -0.2) is 4.79 Å². The van der Waals surface area contributed by atoms with Crippen molar-refractivity contribution >= 4 is 11.9 Å². The van der Waals surface area contributed by atoms with Gasteiger partial charge >= 0.3 is 5.97 Å². The number of esters is 1. The molecule has 1 aromatic heterocycles. The van der Waals surface area contributed by atoms with Gasteiger partial charge in [-0.2, -0.15) is 0 Å². The first kappa shape index (κ1) is 13.2. The SMILES string of the molecule is COC(=O)c1cc(CNC(=O)[C@@H](C)N)oc1C. The molecule has 1 atom stereocenters. The maximum Gasteiger partial charge on any atom is 0.341 e. The zero-order valence-corrected chi connectivity index (χ0v) is 10.1. The average Bonchev–Trinajstić information content (AvgIpc) is 2.66. The monoisotopic (exact) mass is 240 g/mol. The van der Waals surface area contributed by atoms with E-state index in [0.29, 0.717) is 17.1 Å². The van der Waals surface area contributed by atoms with Crippen LogP contribution in [0, 0.1) is 6.92 Å². The number of methoxy groups -OCH3 is 1. The van der Waals surface area contributed by atoms with Crippen LogP contribution in [0.25, 0.3) is 0 Å². The maximum atomic E-state index is 11.3. The Labute approximate surface area is 99.1 Å². The molecule has 1 aromatic rings. The molecule has 6 nitrogen and oxygen atoms in total. The highest BCUT2D eigenvalue weighted by Gasteiger charge is 2.16. The molecule has 0 saturated heterocycles. The van der Waals surface area contributed by atoms with Crippen LogP contribution < -0.4 is 11.1 Å². The van der Waals surface area contributed by atoms with E-state index < -0.39 is 12.0 Å². The molecule has 0 bridgehead atoms. The molecule has 3 N–H and O–H groups in total. The summed E-state index contributed by atoms with van der Waals surface area (Å²) in [5.41, 5.74) is 5.75. The van der Waals surface area contributed by atoms with Crippen molar-refractivity contribution in [3.63, 3.8) is 0 Å². The summed E-state index contributed by atoms with van der Waals surface area (Å²) < 4.78 is 9.90. The fourth-order valence-electron chi connectivity index (χ4n) is 1.28. The van der Waals surface area contributed by atoms with Crippen molar-refractivity contribution in [3.8, 4) is 0 Å². The summed E-state index contributed by atoms with van der Waals surface area (Å²) in [7, 11) is 1.30. The van der Waals surface area contributed by atoms with Crippen LogP contribution in [0.3, 0.4) is 0 Å². The Morgan fingerprint density at radius 3 is 2.76 bits per heavy atom. The van der Waals surface area contributed by atoms with Gasteiger partial charge in [-0.1, -0.05) is 0 Å². The molecule has 0 aromatic carbocycles. The Kier molecular flexibility index (Phi) is 4.28. The third kappa shape index (κ3) is 3.32. The molecule has 1 amide bonds. The van der Waals surface area contributed by atoms with Gasteiger partial charge < -0.3 is 20.2 Å². The number of furan rings is 1. The van der Waals surface area contributed by atoms with Gasteiger partial charge in [0.15, 0.2) is 0 Å². The maximum absolute atomic E-state index is 11.3. The number of carbonyl (C=O) groups is 2. The summed E-state index contributed by atoms with van der Waals surface area (Å²) in [6, 6.07) is 0.967. The minimum atomic E-state index is -0.578. The first-order chi connectivity index (χ1) is 7.95. The van der Waals surface area contributed by atoms with Crippen molar-refractivity contribution in [2.45, 2.75) is 26.4 Å². The molecule has 17 heavy (non-hydrogen) atoms. The number of aryl methyl sites for hydroxylation is 1. The molecule has 1 heterocycles. The highest BCUT2D eigenvalue weighted by molar-refractivity contribution is 5.90. The lowest BCUT2D eigenvalue weighted by Gasteiger charge is -2.05. The predicted molar refractivity (Wildman–Crippen MR) is 60.3 cm³/mol. The second kappa shape index (κ2) is 5.49. The van der Waals surface area contributed by atoms with E-state index in [1.165, 1.54) is 7.11 Å². The van der Waals surface area contributed by atoms with Gasteiger partial charge in [0, 0.05) is 0 Å². The number of ether oxygens (including phenoxy) is 1. The van der Waals surface area contributed by atoms with Crippen molar-refractivity contribution in [2.24, 2.45) is 5.73 Å². The number of nitrogens with one attached hydrogen (secondary N) is 1. The normalized spacial score (nSPS) is 12.0. The van der Waals surface area contributed by atoms with Gasteiger partial charge in [0.25, 0.3) is 0 Å². The Morgan fingerprint density at radius 1 is 1.59 bits per heavy atom. The summed E-state index contributed by atoms with van der Waals surface area (Å²) in [5.74, 6) is 0.202. The lowest BCUT2D eigenvalue weighted by molar-refractivity contribution is -0.122.